The average molecular weight is 460 g/mol. The van der Waals surface area contributed by atoms with Gasteiger partial charge >= 0.3 is 0 Å². The normalized spacial score (nSPS) is 16.3. The quantitative estimate of drug-likeness (QED) is 0.573. The van der Waals surface area contributed by atoms with Crippen LogP contribution in [0.25, 0.3) is 0 Å². The standard InChI is InChI=1S/C25H29N7O2/c1-17-15-18(3-8-21(17)26)28-25-27-16-22-24(29-25)32(10-9-23(33)30(22)2)20-6-4-19(5-7-20)31-11-13-34-14-12-31/h3-8,15-16H,9-14,26H2,1-2H3,(H,27,28,29). The molecule has 0 unspecified atom stereocenters. The number of nitrogens with two attached hydrogens (primary N) is 1. The summed E-state index contributed by atoms with van der Waals surface area (Å²) in [4.78, 5) is 28.0. The van der Waals surface area contributed by atoms with E-state index < -0.39 is 0 Å². The number of ether oxygens (including phenoxy) is 1. The van der Waals surface area contributed by atoms with Gasteiger partial charge in [-0.3, -0.25) is 4.79 Å². The second-order valence-corrected chi connectivity index (χ2v) is 8.57. The third-order valence-corrected chi connectivity index (χ3v) is 6.35. The summed E-state index contributed by atoms with van der Waals surface area (Å²) < 4.78 is 5.47. The van der Waals surface area contributed by atoms with Crippen LogP contribution in [0.5, 0.6) is 0 Å². The predicted molar refractivity (Wildman–Crippen MR) is 135 cm³/mol. The van der Waals surface area contributed by atoms with Gasteiger partial charge in [0.25, 0.3) is 0 Å². The highest BCUT2D eigenvalue weighted by molar-refractivity contribution is 5.98. The van der Waals surface area contributed by atoms with E-state index in [0.29, 0.717) is 30.4 Å². The molecular formula is C25H29N7O2. The van der Waals surface area contributed by atoms with Crippen LogP contribution in [-0.2, 0) is 9.53 Å². The van der Waals surface area contributed by atoms with Crippen molar-refractivity contribution in [2.75, 3.05) is 65.6 Å². The van der Waals surface area contributed by atoms with Crippen LogP contribution in [0.4, 0.5) is 40.2 Å². The lowest BCUT2D eigenvalue weighted by atomic mass is 10.2. The number of nitrogens with one attached hydrogen (secondary N) is 1. The molecule has 0 radical (unpaired) electrons. The summed E-state index contributed by atoms with van der Waals surface area (Å²) in [6.07, 6.45) is 2.09. The molecule has 2 aromatic carbocycles. The summed E-state index contributed by atoms with van der Waals surface area (Å²) in [6.45, 7) is 5.76. The summed E-state index contributed by atoms with van der Waals surface area (Å²) in [5.74, 6) is 1.19. The molecule has 3 N–H and O–H groups in total. The van der Waals surface area contributed by atoms with E-state index in [-0.39, 0.29) is 5.91 Å². The van der Waals surface area contributed by atoms with Crippen LogP contribution >= 0.6 is 0 Å². The first kappa shape index (κ1) is 22.0. The first-order valence-electron chi connectivity index (χ1n) is 11.5. The minimum Gasteiger partial charge on any atom is -0.399 e. The minimum atomic E-state index is 0.0344. The van der Waals surface area contributed by atoms with Gasteiger partial charge < -0.3 is 30.5 Å². The summed E-state index contributed by atoms with van der Waals surface area (Å²) in [5, 5.41) is 3.27. The molecule has 0 saturated carbocycles. The fraction of sp³-hybridized carbons (Fsp3) is 0.320. The molecule has 5 rings (SSSR count). The summed E-state index contributed by atoms with van der Waals surface area (Å²) in [6, 6.07) is 14.1. The molecule has 3 aromatic rings. The first-order chi connectivity index (χ1) is 16.5. The summed E-state index contributed by atoms with van der Waals surface area (Å²) in [7, 11) is 1.77. The van der Waals surface area contributed by atoms with Crippen molar-refractivity contribution in [3.05, 3.63) is 54.2 Å². The molecule has 1 amide bonds. The van der Waals surface area contributed by atoms with E-state index in [9.17, 15) is 4.79 Å². The van der Waals surface area contributed by atoms with Gasteiger partial charge in [-0.15, -0.1) is 0 Å². The minimum absolute atomic E-state index is 0.0344. The van der Waals surface area contributed by atoms with Crippen molar-refractivity contribution in [1.29, 1.82) is 0 Å². The molecule has 2 aliphatic heterocycles. The molecule has 3 heterocycles. The van der Waals surface area contributed by atoms with Gasteiger partial charge in [0.15, 0.2) is 5.82 Å². The zero-order valence-corrected chi connectivity index (χ0v) is 19.5. The first-order valence-corrected chi connectivity index (χ1v) is 11.5. The van der Waals surface area contributed by atoms with Gasteiger partial charge in [0.1, 0.15) is 5.69 Å². The number of fused-ring (bicyclic) bond motifs is 1. The fourth-order valence-corrected chi connectivity index (χ4v) is 4.28. The maximum atomic E-state index is 12.7. The molecule has 0 spiro atoms. The molecule has 0 aliphatic carbocycles. The topological polar surface area (TPSA) is 99.8 Å². The number of nitrogen functional groups attached to an aromatic ring is 1. The van der Waals surface area contributed by atoms with Gasteiger partial charge in [-0.25, -0.2) is 4.98 Å². The molecule has 1 saturated heterocycles. The monoisotopic (exact) mass is 459 g/mol. The Morgan fingerprint density at radius 1 is 1.03 bits per heavy atom. The highest BCUT2D eigenvalue weighted by Gasteiger charge is 2.27. The Morgan fingerprint density at radius 3 is 2.50 bits per heavy atom. The molecule has 34 heavy (non-hydrogen) atoms. The van der Waals surface area contributed by atoms with E-state index in [1.807, 2.05) is 25.1 Å². The van der Waals surface area contributed by atoms with Crippen molar-refractivity contribution in [3.63, 3.8) is 0 Å². The van der Waals surface area contributed by atoms with E-state index in [2.05, 4.69) is 44.4 Å². The van der Waals surface area contributed by atoms with Crippen molar-refractivity contribution >= 4 is 46.1 Å². The summed E-state index contributed by atoms with van der Waals surface area (Å²) in [5.41, 5.74) is 11.3. The van der Waals surface area contributed by atoms with E-state index >= 15 is 0 Å². The number of nitrogens with zero attached hydrogens (tertiary/aromatic N) is 5. The van der Waals surface area contributed by atoms with Crippen LogP contribution in [0.15, 0.2) is 48.7 Å². The van der Waals surface area contributed by atoms with Gasteiger partial charge in [-0.1, -0.05) is 0 Å². The van der Waals surface area contributed by atoms with Crippen LogP contribution in [0.3, 0.4) is 0 Å². The van der Waals surface area contributed by atoms with Gasteiger partial charge in [-0.05, 0) is 55.0 Å². The SMILES string of the molecule is Cc1cc(Nc2ncc3c(n2)N(c2ccc(N4CCOCC4)cc2)CCC(=O)N3C)ccc1N. The third kappa shape index (κ3) is 4.34. The van der Waals surface area contributed by atoms with Crippen LogP contribution in [-0.4, -0.2) is 55.8 Å². The number of amides is 1. The van der Waals surface area contributed by atoms with Crippen LogP contribution in [0.2, 0.25) is 0 Å². The van der Waals surface area contributed by atoms with Crippen molar-refractivity contribution in [1.82, 2.24) is 9.97 Å². The Balaban J connectivity index is 1.47. The predicted octanol–water partition coefficient (Wildman–Crippen LogP) is 3.45. The molecule has 0 atom stereocenters. The number of carbonyl (C=O) groups is 1. The molecule has 1 aromatic heterocycles. The summed E-state index contributed by atoms with van der Waals surface area (Å²) >= 11 is 0. The molecule has 1 fully saturated rings. The lowest BCUT2D eigenvalue weighted by molar-refractivity contribution is -0.118. The zero-order chi connectivity index (χ0) is 23.7. The average Bonchev–Trinajstić information content (AvgIpc) is 2.98. The smallest absolute Gasteiger partial charge is 0.229 e. The van der Waals surface area contributed by atoms with Crippen molar-refractivity contribution < 1.29 is 9.53 Å². The molecule has 2 aliphatic rings. The van der Waals surface area contributed by atoms with Gasteiger partial charge in [0.05, 0.1) is 19.4 Å². The second-order valence-electron chi connectivity index (χ2n) is 8.57. The maximum absolute atomic E-state index is 12.7. The third-order valence-electron chi connectivity index (χ3n) is 6.35. The Hall–Kier alpha value is -3.85. The Morgan fingerprint density at radius 2 is 1.76 bits per heavy atom. The number of carbonyl (C=O) groups excluding carboxylic acids is 1. The Labute approximate surface area is 199 Å². The lowest BCUT2D eigenvalue weighted by Gasteiger charge is -2.30. The Kier molecular flexibility index (Phi) is 5.93. The number of rotatable bonds is 4. The fourth-order valence-electron chi connectivity index (χ4n) is 4.28. The van der Waals surface area contributed by atoms with Crippen molar-refractivity contribution in [2.45, 2.75) is 13.3 Å². The van der Waals surface area contributed by atoms with E-state index in [4.69, 9.17) is 15.5 Å². The largest absolute Gasteiger partial charge is 0.399 e. The van der Waals surface area contributed by atoms with Crippen LogP contribution < -0.4 is 25.8 Å². The van der Waals surface area contributed by atoms with Gasteiger partial charge in [0, 0.05) is 55.9 Å². The van der Waals surface area contributed by atoms with Crippen LogP contribution in [0.1, 0.15) is 12.0 Å². The molecule has 0 bridgehead atoms. The molecule has 176 valence electrons. The number of morpholine rings is 1. The van der Waals surface area contributed by atoms with E-state index in [0.717, 1.165) is 48.9 Å². The van der Waals surface area contributed by atoms with Crippen molar-refractivity contribution in [3.8, 4) is 0 Å². The maximum Gasteiger partial charge on any atom is 0.229 e. The van der Waals surface area contributed by atoms with Crippen molar-refractivity contribution in [2.24, 2.45) is 0 Å². The zero-order valence-electron chi connectivity index (χ0n) is 19.5. The number of aryl methyl sites for hydroxylation is 1. The molecular weight excluding hydrogens is 430 g/mol. The van der Waals surface area contributed by atoms with E-state index in [1.54, 1.807) is 18.1 Å². The highest BCUT2D eigenvalue weighted by Crippen LogP contribution is 2.36. The highest BCUT2D eigenvalue weighted by atomic mass is 16.5. The Bertz CT molecular complexity index is 1190. The number of benzene rings is 2. The molecule has 9 nitrogen and oxygen atoms in total. The number of hydrogen-bond donors (Lipinski definition) is 2. The number of hydrogen-bond acceptors (Lipinski definition) is 8. The molecule has 9 heteroatoms. The second kappa shape index (κ2) is 9.18. The lowest BCUT2D eigenvalue weighted by Crippen LogP contribution is -2.36. The van der Waals surface area contributed by atoms with Gasteiger partial charge in [0.2, 0.25) is 11.9 Å². The number of aromatic nitrogens is 2. The number of anilines is 7. The van der Waals surface area contributed by atoms with Gasteiger partial charge in [-0.2, -0.15) is 4.98 Å². The van der Waals surface area contributed by atoms with Crippen LogP contribution in [0, 0.1) is 6.92 Å². The van der Waals surface area contributed by atoms with E-state index in [1.165, 1.54) is 5.69 Å².